The van der Waals surface area contributed by atoms with E-state index in [0.29, 0.717) is 28.9 Å². The fourth-order valence-corrected chi connectivity index (χ4v) is 3.58. The summed E-state index contributed by atoms with van der Waals surface area (Å²) in [6.45, 7) is 0.644. The van der Waals surface area contributed by atoms with Gasteiger partial charge in [0, 0.05) is 23.9 Å². The second kappa shape index (κ2) is 7.15. The molecule has 1 amide bonds. The van der Waals surface area contributed by atoms with Crippen molar-refractivity contribution in [2.75, 3.05) is 12.3 Å². The molecule has 2 heterocycles. The summed E-state index contributed by atoms with van der Waals surface area (Å²) in [6.07, 6.45) is 3.25. The van der Waals surface area contributed by atoms with Crippen molar-refractivity contribution in [3.63, 3.8) is 0 Å². The molecule has 1 aromatic heterocycles. The van der Waals surface area contributed by atoms with Crippen LogP contribution in [0.5, 0.6) is 0 Å². The largest absolute Gasteiger partial charge is 0.368 e. The molecule has 136 valence electrons. The predicted octanol–water partition coefficient (Wildman–Crippen LogP) is 3.84. The fourth-order valence-electron chi connectivity index (χ4n) is 3.58. The van der Waals surface area contributed by atoms with E-state index in [4.69, 9.17) is 5.73 Å². The van der Waals surface area contributed by atoms with Gasteiger partial charge in [-0.3, -0.25) is 4.79 Å². The smallest absolute Gasteiger partial charge is 0.254 e. The molecule has 2 N–H and O–H groups in total. The Bertz CT molecular complexity index is 977. The predicted molar refractivity (Wildman–Crippen MR) is 101 cm³/mol. The van der Waals surface area contributed by atoms with Crippen molar-refractivity contribution in [3.05, 3.63) is 77.9 Å². The van der Waals surface area contributed by atoms with E-state index in [9.17, 15) is 9.18 Å². The Hall–Kier alpha value is -3.28. The zero-order valence-electron chi connectivity index (χ0n) is 14.7. The van der Waals surface area contributed by atoms with Gasteiger partial charge in [-0.25, -0.2) is 14.4 Å². The molecule has 0 spiro atoms. The van der Waals surface area contributed by atoms with Crippen molar-refractivity contribution in [1.82, 2.24) is 14.9 Å². The van der Waals surface area contributed by atoms with Gasteiger partial charge in [0.05, 0.1) is 11.7 Å². The Morgan fingerprint density at radius 2 is 1.96 bits per heavy atom. The van der Waals surface area contributed by atoms with E-state index < -0.39 is 0 Å². The van der Waals surface area contributed by atoms with E-state index >= 15 is 0 Å². The Morgan fingerprint density at radius 1 is 1.15 bits per heavy atom. The van der Waals surface area contributed by atoms with Crippen LogP contribution in [0, 0.1) is 5.82 Å². The van der Waals surface area contributed by atoms with Crippen LogP contribution in [0.1, 0.15) is 34.9 Å². The minimum absolute atomic E-state index is 0.0412. The van der Waals surface area contributed by atoms with Crippen LogP contribution in [0.15, 0.2) is 60.8 Å². The Kier molecular flexibility index (Phi) is 4.54. The number of halogens is 1. The molecule has 1 saturated heterocycles. The molecule has 3 aromatic rings. The van der Waals surface area contributed by atoms with Crippen molar-refractivity contribution >= 4 is 11.9 Å². The van der Waals surface area contributed by atoms with E-state index in [1.807, 2.05) is 23.1 Å². The fraction of sp³-hybridized carbons (Fsp3) is 0.190. The third-order valence-corrected chi connectivity index (χ3v) is 4.82. The van der Waals surface area contributed by atoms with Crippen LogP contribution in [-0.4, -0.2) is 27.3 Å². The van der Waals surface area contributed by atoms with Crippen molar-refractivity contribution in [2.45, 2.75) is 18.9 Å². The quantitative estimate of drug-likeness (QED) is 0.768. The lowest BCUT2D eigenvalue weighted by Crippen LogP contribution is -2.31. The molecule has 4 rings (SSSR count). The molecule has 0 bridgehead atoms. The molecular formula is C21H19FN4O. The second-order valence-corrected chi connectivity index (χ2v) is 6.56. The van der Waals surface area contributed by atoms with Crippen molar-refractivity contribution in [3.8, 4) is 11.1 Å². The van der Waals surface area contributed by atoms with Gasteiger partial charge in [-0.2, -0.15) is 0 Å². The number of amides is 1. The number of nitrogen functional groups attached to an aromatic ring is 1. The molecule has 1 atom stereocenters. The first-order valence-corrected chi connectivity index (χ1v) is 8.88. The maximum Gasteiger partial charge on any atom is 0.254 e. The van der Waals surface area contributed by atoms with Gasteiger partial charge in [0.25, 0.3) is 5.91 Å². The number of hydrogen-bond acceptors (Lipinski definition) is 4. The summed E-state index contributed by atoms with van der Waals surface area (Å²) in [5.41, 5.74) is 8.50. The number of anilines is 1. The summed E-state index contributed by atoms with van der Waals surface area (Å²) in [5, 5.41) is 0. The van der Waals surface area contributed by atoms with Gasteiger partial charge in [-0.05, 0) is 42.7 Å². The lowest BCUT2D eigenvalue weighted by atomic mass is 9.99. The first kappa shape index (κ1) is 17.1. The number of rotatable bonds is 3. The van der Waals surface area contributed by atoms with Gasteiger partial charge >= 0.3 is 0 Å². The summed E-state index contributed by atoms with van der Waals surface area (Å²) in [4.78, 5) is 23.4. The molecule has 1 fully saturated rings. The maximum absolute atomic E-state index is 13.7. The molecule has 0 aliphatic carbocycles. The molecule has 1 aliphatic rings. The highest BCUT2D eigenvalue weighted by molar-refractivity contribution is 5.94. The number of carbonyl (C=O) groups is 1. The number of aromatic nitrogens is 2. The standard InChI is InChI=1S/C21H19FN4O/c22-16-9-4-8-15(12-16)17-13-24-21(23)25-19(17)18-10-5-11-26(18)20(27)14-6-2-1-3-7-14/h1-4,6-9,12-13,18H,5,10-11H2,(H2,23,24,25). The van der Waals surface area contributed by atoms with Gasteiger partial charge in [-0.1, -0.05) is 30.3 Å². The lowest BCUT2D eigenvalue weighted by Gasteiger charge is -2.26. The van der Waals surface area contributed by atoms with E-state index in [1.54, 1.807) is 30.5 Å². The third-order valence-electron chi connectivity index (χ3n) is 4.82. The number of hydrogen-bond donors (Lipinski definition) is 1. The Labute approximate surface area is 156 Å². The summed E-state index contributed by atoms with van der Waals surface area (Å²) in [5.74, 6) is -0.233. The molecule has 0 radical (unpaired) electrons. The Morgan fingerprint density at radius 3 is 2.74 bits per heavy atom. The van der Waals surface area contributed by atoms with Crippen LogP contribution in [0.3, 0.4) is 0 Å². The summed E-state index contributed by atoms with van der Waals surface area (Å²) in [7, 11) is 0. The number of benzene rings is 2. The SMILES string of the molecule is Nc1ncc(-c2cccc(F)c2)c(C2CCCN2C(=O)c2ccccc2)n1. The number of nitrogens with zero attached hydrogens (tertiary/aromatic N) is 3. The maximum atomic E-state index is 13.7. The third kappa shape index (κ3) is 3.38. The van der Waals surface area contributed by atoms with Crippen LogP contribution in [0.4, 0.5) is 10.3 Å². The van der Waals surface area contributed by atoms with E-state index in [2.05, 4.69) is 9.97 Å². The highest BCUT2D eigenvalue weighted by Crippen LogP contribution is 2.37. The molecule has 0 saturated carbocycles. The van der Waals surface area contributed by atoms with Crippen LogP contribution in [0.25, 0.3) is 11.1 Å². The molecule has 27 heavy (non-hydrogen) atoms. The number of likely N-dealkylation sites (tertiary alicyclic amines) is 1. The molecular weight excluding hydrogens is 343 g/mol. The average Bonchev–Trinajstić information content (AvgIpc) is 3.17. The van der Waals surface area contributed by atoms with E-state index in [0.717, 1.165) is 12.8 Å². The van der Waals surface area contributed by atoms with E-state index in [1.165, 1.54) is 12.1 Å². The first-order valence-electron chi connectivity index (χ1n) is 8.88. The zero-order valence-corrected chi connectivity index (χ0v) is 14.7. The summed E-state index contributed by atoms with van der Waals surface area (Å²) >= 11 is 0. The average molecular weight is 362 g/mol. The van der Waals surface area contributed by atoms with Crippen LogP contribution in [-0.2, 0) is 0 Å². The van der Waals surface area contributed by atoms with E-state index in [-0.39, 0.29) is 23.7 Å². The van der Waals surface area contributed by atoms with Crippen molar-refractivity contribution in [2.24, 2.45) is 0 Å². The second-order valence-electron chi connectivity index (χ2n) is 6.56. The topological polar surface area (TPSA) is 72.1 Å². The lowest BCUT2D eigenvalue weighted by molar-refractivity contribution is 0.0733. The molecule has 6 heteroatoms. The highest BCUT2D eigenvalue weighted by Gasteiger charge is 2.33. The minimum atomic E-state index is -0.334. The normalized spacial score (nSPS) is 16.5. The van der Waals surface area contributed by atoms with Gasteiger partial charge in [-0.15, -0.1) is 0 Å². The van der Waals surface area contributed by atoms with Crippen LogP contribution in [0.2, 0.25) is 0 Å². The van der Waals surface area contributed by atoms with Crippen molar-refractivity contribution < 1.29 is 9.18 Å². The molecule has 2 aromatic carbocycles. The highest BCUT2D eigenvalue weighted by atomic mass is 19.1. The van der Waals surface area contributed by atoms with Gasteiger partial charge in [0.1, 0.15) is 5.82 Å². The van der Waals surface area contributed by atoms with Crippen LogP contribution < -0.4 is 5.73 Å². The Balaban J connectivity index is 1.76. The molecule has 5 nitrogen and oxygen atoms in total. The first-order chi connectivity index (χ1) is 13.1. The molecule has 1 aliphatic heterocycles. The number of nitrogens with two attached hydrogens (primary N) is 1. The summed E-state index contributed by atoms with van der Waals surface area (Å²) < 4.78 is 13.7. The number of carbonyl (C=O) groups excluding carboxylic acids is 1. The van der Waals surface area contributed by atoms with Crippen molar-refractivity contribution in [1.29, 1.82) is 0 Å². The minimum Gasteiger partial charge on any atom is -0.368 e. The monoisotopic (exact) mass is 362 g/mol. The molecule has 1 unspecified atom stereocenters. The van der Waals surface area contributed by atoms with Gasteiger partial charge in [0.2, 0.25) is 5.95 Å². The van der Waals surface area contributed by atoms with Gasteiger partial charge < -0.3 is 10.6 Å². The summed E-state index contributed by atoms with van der Waals surface area (Å²) in [6, 6.07) is 15.2. The zero-order chi connectivity index (χ0) is 18.8. The van der Waals surface area contributed by atoms with Crippen LogP contribution >= 0.6 is 0 Å². The van der Waals surface area contributed by atoms with Gasteiger partial charge in [0.15, 0.2) is 0 Å².